The lowest BCUT2D eigenvalue weighted by Crippen LogP contribution is -2.23. The summed E-state index contributed by atoms with van der Waals surface area (Å²) in [6, 6.07) is 14.3. The van der Waals surface area contributed by atoms with Gasteiger partial charge in [-0.05, 0) is 56.0 Å². The van der Waals surface area contributed by atoms with E-state index in [1.165, 1.54) is 5.56 Å². The van der Waals surface area contributed by atoms with Gasteiger partial charge in [-0.3, -0.25) is 4.79 Å². The van der Waals surface area contributed by atoms with Gasteiger partial charge in [0.05, 0.1) is 5.52 Å². The standard InChI is InChI=1S/C26H30ClN5OS/c1-3-4-13-28-23(33)10-5-6-14-34-26-29-25-24(30-31-26)21-15-18(2)11-12-22(21)32(25)17-19-8-7-9-20(27)16-19/h7-9,11-12,15-16H,3-6,10,13-14,17H2,1-2H3,(H,28,33). The predicted molar refractivity (Wildman–Crippen MR) is 141 cm³/mol. The monoisotopic (exact) mass is 495 g/mol. The molecule has 0 aliphatic heterocycles. The molecular formula is C26H30ClN5OS. The van der Waals surface area contributed by atoms with Crippen molar-refractivity contribution in [2.75, 3.05) is 12.3 Å². The Bertz CT molecular complexity index is 1290. The summed E-state index contributed by atoms with van der Waals surface area (Å²) in [5, 5.41) is 14.4. The van der Waals surface area contributed by atoms with E-state index in [4.69, 9.17) is 16.6 Å². The average molecular weight is 496 g/mol. The minimum atomic E-state index is 0.138. The Balaban J connectivity index is 1.48. The van der Waals surface area contributed by atoms with Gasteiger partial charge in [0.25, 0.3) is 0 Å². The largest absolute Gasteiger partial charge is 0.356 e. The molecule has 0 fully saturated rings. The third-order valence-corrected chi connectivity index (χ3v) is 6.87. The van der Waals surface area contributed by atoms with Crippen molar-refractivity contribution in [3.8, 4) is 0 Å². The highest BCUT2D eigenvalue weighted by molar-refractivity contribution is 7.99. The second-order valence-corrected chi connectivity index (χ2v) is 10.0. The van der Waals surface area contributed by atoms with Crippen molar-refractivity contribution < 1.29 is 4.79 Å². The highest BCUT2D eigenvalue weighted by Crippen LogP contribution is 2.29. The van der Waals surface area contributed by atoms with E-state index in [-0.39, 0.29) is 5.91 Å². The van der Waals surface area contributed by atoms with Crippen LogP contribution in [0.3, 0.4) is 0 Å². The van der Waals surface area contributed by atoms with Crippen LogP contribution in [0, 0.1) is 6.92 Å². The van der Waals surface area contributed by atoms with Crippen LogP contribution in [0.1, 0.15) is 50.2 Å². The van der Waals surface area contributed by atoms with E-state index in [2.05, 4.69) is 58.2 Å². The lowest BCUT2D eigenvalue weighted by Gasteiger charge is -2.08. The molecule has 2 aromatic heterocycles. The summed E-state index contributed by atoms with van der Waals surface area (Å²) in [6.45, 7) is 5.62. The van der Waals surface area contributed by atoms with Crippen molar-refractivity contribution in [1.82, 2.24) is 25.1 Å². The number of halogens is 1. The van der Waals surface area contributed by atoms with E-state index in [1.54, 1.807) is 11.8 Å². The molecule has 0 aliphatic carbocycles. The number of aryl methyl sites for hydroxylation is 1. The molecule has 6 nitrogen and oxygen atoms in total. The van der Waals surface area contributed by atoms with Crippen LogP contribution in [0.5, 0.6) is 0 Å². The van der Waals surface area contributed by atoms with Crippen LogP contribution in [0.4, 0.5) is 0 Å². The summed E-state index contributed by atoms with van der Waals surface area (Å²) in [7, 11) is 0. The summed E-state index contributed by atoms with van der Waals surface area (Å²) in [4.78, 5) is 16.7. The number of hydrogen-bond acceptors (Lipinski definition) is 5. The average Bonchev–Trinajstić information content (AvgIpc) is 3.11. The number of rotatable bonds is 11. The minimum absolute atomic E-state index is 0.138. The van der Waals surface area contributed by atoms with Gasteiger partial charge in [0.15, 0.2) is 5.65 Å². The topological polar surface area (TPSA) is 72.7 Å². The maximum Gasteiger partial charge on any atom is 0.219 e. The normalized spacial score (nSPS) is 11.4. The molecular weight excluding hydrogens is 466 g/mol. The number of carbonyl (C=O) groups excluding carboxylic acids is 1. The van der Waals surface area contributed by atoms with Gasteiger partial charge in [-0.15, -0.1) is 10.2 Å². The van der Waals surface area contributed by atoms with Gasteiger partial charge in [-0.25, -0.2) is 4.98 Å². The third-order valence-electron chi connectivity index (χ3n) is 5.71. The van der Waals surface area contributed by atoms with Crippen LogP contribution >= 0.6 is 23.4 Å². The Morgan fingerprint density at radius 3 is 2.82 bits per heavy atom. The Morgan fingerprint density at radius 1 is 1.12 bits per heavy atom. The molecule has 2 heterocycles. The zero-order valence-electron chi connectivity index (χ0n) is 19.7. The molecule has 1 N–H and O–H groups in total. The van der Waals surface area contributed by atoms with Gasteiger partial charge in [-0.1, -0.05) is 60.5 Å². The summed E-state index contributed by atoms with van der Waals surface area (Å²) in [5.41, 5.74) is 5.01. The number of nitrogens with one attached hydrogen (secondary N) is 1. The van der Waals surface area contributed by atoms with Crippen LogP contribution in [0.25, 0.3) is 22.1 Å². The highest BCUT2D eigenvalue weighted by atomic mass is 35.5. The molecule has 0 bridgehead atoms. The fraction of sp³-hybridized carbons (Fsp3) is 0.385. The summed E-state index contributed by atoms with van der Waals surface area (Å²) in [5.74, 6) is 0.988. The lowest BCUT2D eigenvalue weighted by atomic mass is 10.1. The van der Waals surface area contributed by atoms with E-state index in [1.807, 2.05) is 18.2 Å². The molecule has 0 radical (unpaired) electrons. The molecule has 0 unspecified atom stereocenters. The van der Waals surface area contributed by atoms with Crippen molar-refractivity contribution in [3.63, 3.8) is 0 Å². The summed E-state index contributed by atoms with van der Waals surface area (Å²) in [6.07, 6.45) is 4.47. The Hall–Kier alpha value is -2.64. The number of unbranched alkanes of at least 4 members (excludes halogenated alkanes) is 2. The van der Waals surface area contributed by atoms with Crippen molar-refractivity contribution in [1.29, 1.82) is 0 Å². The maximum atomic E-state index is 11.9. The fourth-order valence-corrected chi connectivity index (χ4v) is 4.93. The molecule has 0 saturated heterocycles. The number of fused-ring (bicyclic) bond motifs is 3. The van der Waals surface area contributed by atoms with E-state index in [0.717, 1.165) is 70.6 Å². The van der Waals surface area contributed by atoms with Crippen LogP contribution in [-0.4, -0.2) is 38.0 Å². The molecule has 8 heteroatoms. The predicted octanol–water partition coefficient (Wildman–Crippen LogP) is 6.17. The van der Waals surface area contributed by atoms with Gasteiger partial charge in [0.1, 0.15) is 5.52 Å². The minimum Gasteiger partial charge on any atom is -0.356 e. The number of benzene rings is 2. The molecule has 178 valence electrons. The van der Waals surface area contributed by atoms with Gasteiger partial charge in [0.2, 0.25) is 11.1 Å². The van der Waals surface area contributed by atoms with Crippen molar-refractivity contribution >= 4 is 51.3 Å². The Kier molecular flexibility index (Phi) is 8.40. The zero-order chi connectivity index (χ0) is 23.9. The molecule has 0 saturated carbocycles. The van der Waals surface area contributed by atoms with E-state index >= 15 is 0 Å². The van der Waals surface area contributed by atoms with Gasteiger partial charge < -0.3 is 9.88 Å². The van der Waals surface area contributed by atoms with Crippen molar-refractivity contribution in [3.05, 3.63) is 58.6 Å². The van der Waals surface area contributed by atoms with Crippen LogP contribution in [0.15, 0.2) is 47.6 Å². The highest BCUT2D eigenvalue weighted by Gasteiger charge is 2.16. The van der Waals surface area contributed by atoms with Gasteiger partial charge in [-0.2, -0.15) is 0 Å². The lowest BCUT2D eigenvalue weighted by molar-refractivity contribution is -0.121. The first-order valence-corrected chi connectivity index (χ1v) is 13.2. The Morgan fingerprint density at radius 2 is 2.00 bits per heavy atom. The molecule has 0 spiro atoms. The Labute approximate surface area is 209 Å². The maximum absolute atomic E-state index is 11.9. The number of hydrogen-bond donors (Lipinski definition) is 1. The number of amides is 1. The van der Waals surface area contributed by atoms with Crippen LogP contribution in [-0.2, 0) is 11.3 Å². The molecule has 0 atom stereocenters. The molecule has 4 aromatic rings. The zero-order valence-corrected chi connectivity index (χ0v) is 21.3. The van der Waals surface area contributed by atoms with E-state index < -0.39 is 0 Å². The molecule has 2 aromatic carbocycles. The number of carbonyl (C=O) groups is 1. The first kappa shape index (κ1) is 24.5. The first-order valence-electron chi connectivity index (χ1n) is 11.8. The summed E-state index contributed by atoms with van der Waals surface area (Å²) >= 11 is 7.81. The number of thioether (sulfide) groups is 1. The van der Waals surface area contributed by atoms with E-state index in [9.17, 15) is 4.79 Å². The van der Waals surface area contributed by atoms with Gasteiger partial charge >= 0.3 is 0 Å². The van der Waals surface area contributed by atoms with Gasteiger partial charge in [0, 0.05) is 35.7 Å². The van der Waals surface area contributed by atoms with E-state index in [0.29, 0.717) is 18.1 Å². The quantitative estimate of drug-likeness (QED) is 0.199. The fourth-order valence-electron chi connectivity index (χ4n) is 3.94. The second-order valence-electron chi connectivity index (χ2n) is 8.51. The van der Waals surface area contributed by atoms with Crippen LogP contribution < -0.4 is 5.32 Å². The second kappa shape index (κ2) is 11.7. The molecule has 1 amide bonds. The molecule has 4 rings (SSSR count). The summed E-state index contributed by atoms with van der Waals surface area (Å²) < 4.78 is 2.19. The number of aromatic nitrogens is 4. The van der Waals surface area contributed by atoms with Crippen molar-refractivity contribution in [2.45, 2.75) is 57.7 Å². The molecule has 34 heavy (non-hydrogen) atoms. The first-order chi connectivity index (χ1) is 16.5. The SMILES string of the molecule is CCCCNC(=O)CCCCSc1nnc2c3cc(C)ccc3n(Cc3cccc(Cl)c3)c2n1. The smallest absolute Gasteiger partial charge is 0.219 e. The van der Waals surface area contributed by atoms with Crippen molar-refractivity contribution in [2.24, 2.45) is 0 Å². The third kappa shape index (κ3) is 6.07. The molecule has 0 aliphatic rings. The van der Waals surface area contributed by atoms with Crippen LogP contribution in [0.2, 0.25) is 5.02 Å². The number of nitrogens with zero attached hydrogens (tertiary/aromatic N) is 4.